The van der Waals surface area contributed by atoms with Crippen molar-refractivity contribution < 1.29 is 4.79 Å². The Kier molecular flexibility index (Phi) is 7.36. The van der Waals surface area contributed by atoms with Gasteiger partial charge in [0, 0.05) is 37.6 Å². The third-order valence-corrected chi connectivity index (χ3v) is 5.36. The van der Waals surface area contributed by atoms with E-state index in [9.17, 15) is 4.79 Å². The Morgan fingerprint density at radius 3 is 2.82 bits per heavy atom. The molecule has 1 aromatic rings. The summed E-state index contributed by atoms with van der Waals surface area (Å²) in [4.78, 5) is 17.0. The van der Waals surface area contributed by atoms with Gasteiger partial charge in [-0.25, -0.2) is 0 Å². The van der Waals surface area contributed by atoms with E-state index in [0.29, 0.717) is 0 Å². The second kappa shape index (κ2) is 9.28. The molecule has 0 spiro atoms. The molecule has 1 aliphatic heterocycles. The van der Waals surface area contributed by atoms with E-state index in [2.05, 4.69) is 35.4 Å². The molecule has 2 rings (SSSR count). The summed E-state index contributed by atoms with van der Waals surface area (Å²) in [5, 5.41) is 6.43. The first-order valence-electron chi connectivity index (χ1n) is 8.57. The zero-order chi connectivity index (χ0) is 15.8. The topological polar surface area (TPSA) is 44.4 Å². The van der Waals surface area contributed by atoms with E-state index in [-0.39, 0.29) is 5.91 Å². The van der Waals surface area contributed by atoms with Gasteiger partial charge in [-0.3, -0.25) is 4.79 Å². The molecular formula is C17H29N3OS. The van der Waals surface area contributed by atoms with Gasteiger partial charge in [-0.15, -0.1) is 11.3 Å². The van der Waals surface area contributed by atoms with Crippen molar-refractivity contribution in [3.63, 3.8) is 0 Å². The van der Waals surface area contributed by atoms with Crippen LogP contribution in [-0.4, -0.2) is 50.1 Å². The fourth-order valence-electron chi connectivity index (χ4n) is 2.84. The molecule has 0 saturated carbocycles. The standard InChI is InChI=1S/C17H29N3OS/c1-3-6-15-14(4-2)13-16(22-15)17(21)19-7-5-10-20-11-8-18-9-12-20/h13,18H,3-12H2,1-2H3,(H,19,21). The largest absolute Gasteiger partial charge is 0.351 e. The quantitative estimate of drug-likeness (QED) is 0.722. The summed E-state index contributed by atoms with van der Waals surface area (Å²) in [6.07, 6.45) is 4.27. The van der Waals surface area contributed by atoms with Crippen LogP contribution in [0.2, 0.25) is 0 Å². The van der Waals surface area contributed by atoms with E-state index in [4.69, 9.17) is 0 Å². The molecule has 1 aromatic heterocycles. The SMILES string of the molecule is CCCc1sc(C(=O)NCCCN2CCNCC2)cc1CC. The number of thiophene rings is 1. The van der Waals surface area contributed by atoms with Crippen molar-refractivity contribution in [3.8, 4) is 0 Å². The van der Waals surface area contributed by atoms with Crippen LogP contribution in [-0.2, 0) is 12.8 Å². The van der Waals surface area contributed by atoms with Crippen LogP contribution in [0.15, 0.2) is 6.07 Å². The summed E-state index contributed by atoms with van der Waals surface area (Å²) < 4.78 is 0. The van der Waals surface area contributed by atoms with E-state index < -0.39 is 0 Å². The van der Waals surface area contributed by atoms with E-state index in [0.717, 1.165) is 69.8 Å². The number of carbonyl (C=O) groups excluding carboxylic acids is 1. The molecule has 1 amide bonds. The minimum absolute atomic E-state index is 0.0994. The van der Waals surface area contributed by atoms with Crippen molar-refractivity contribution in [3.05, 3.63) is 21.4 Å². The van der Waals surface area contributed by atoms with Gasteiger partial charge in [0.2, 0.25) is 0 Å². The lowest BCUT2D eigenvalue weighted by molar-refractivity contribution is 0.0955. The lowest BCUT2D eigenvalue weighted by atomic mass is 10.1. The molecule has 0 radical (unpaired) electrons. The zero-order valence-corrected chi connectivity index (χ0v) is 14.7. The average molecular weight is 324 g/mol. The Bertz CT molecular complexity index is 466. The van der Waals surface area contributed by atoms with Gasteiger partial charge >= 0.3 is 0 Å². The Labute approximate surface area is 138 Å². The molecule has 4 nitrogen and oxygen atoms in total. The van der Waals surface area contributed by atoms with Crippen LogP contribution in [0, 0.1) is 0 Å². The van der Waals surface area contributed by atoms with Gasteiger partial charge < -0.3 is 15.5 Å². The maximum absolute atomic E-state index is 12.3. The molecule has 0 unspecified atom stereocenters. The molecule has 0 bridgehead atoms. The molecule has 0 atom stereocenters. The molecule has 1 aliphatic rings. The number of piperazine rings is 1. The fraction of sp³-hybridized carbons (Fsp3) is 0.706. The Morgan fingerprint density at radius 1 is 1.36 bits per heavy atom. The van der Waals surface area contributed by atoms with Crippen molar-refractivity contribution in [2.75, 3.05) is 39.3 Å². The third kappa shape index (κ3) is 5.07. The molecule has 22 heavy (non-hydrogen) atoms. The minimum atomic E-state index is 0.0994. The van der Waals surface area contributed by atoms with Crippen LogP contribution in [0.5, 0.6) is 0 Å². The van der Waals surface area contributed by atoms with Crippen LogP contribution in [0.1, 0.15) is 46.8 Å². The minimum Gasteiger partial charge on any atom is -0.351 e. The van der Waals surface area contributed by atoms with Gasteiger partial charge in [0.05, 0.1) is 4.88 Å². The molecule has 1 fully saturated rings. The van der Waals surface area contributed by atoms with Crippen molar-refractivity contribution in [1.82, 2.24) is 15.5 Å². The lowest BCUT2D eigenvalue weighted by Gasteiger charge is -2.27. The molecule has 0 aliphatic carbocycles. The fourth-order valence-corrected chi connectivity index (χ4v) is 4.11. The second-order valence-electron chi connectivity index (χ2n) is 5.86. The Hall–Kier alpha value is -0.910. The monoisotopic (exact) mass is 323 g/mol. The highest BCUT2D eigenvalue weighted by Gasteiger charge is 2.13. The average Bonchev–Trinajstić information content (AvgIpc) is 2.96. The van der Waals surface area contributed by atoms with Crippen LogP contribution in [0.4, 0.5) is 0 Å². The summed E-state index contributed by atoms with van der Waals surface area (Å²) in [5.41, 5.74) is 1.35. The van der Waals surface area contributed by atoms with Gasteiger partial charge in [0.15, 0.2) is 0 Å². The highest BCUT2D eigenvalue weighted by Crippen LogP contribution is 2.24. The maximum atomic E-state index is 12.3. The van der Waals surface area contributed by atoms with Crippen molar-refractivity contribution >= 4 is 17.2 Å². The van der Waals surface area contributed by atoms with Gasteiger partial charge in [0.1, 0.15) is 0 Å². The molecule has 0 aromatic carbocycles. The van der Waals surface area contributed by atoms with Gasteiger partial charge in [-0.1, -0.05) is 20.3 Å². The number of aryl methyl sites for hydroxylation is 2. The van der Waals surface area contributed by atoms with Gasteiger partial charge in [-0.2, -0.15) is 0 Å². The van der Waals surface area contributed by atoms with E-state index in [1.54, 1.807) is 11.3 Å². The third-order valence-electron chi connectivity index (χ3n) is 4.12. The smallest absolute Gasteiger partial charge is 0.261 e. The number of amides is 1. The number of hydrogen-bond acceptors (Lipinski definition) is 4. The zero-order valence-electron chi connectivity index (χ0n) is 13.9. The highest BCUT2D eigenvalue weighted by atomic mass is 32.1. The molecular weight excluding hydrogens is 294 g/mol. The van der Waals surface area contributed by atoms with E-state index in [1.165, 1.54) is 10.4 Å². The summed E-state index contributed by atoms with van der Waals surface area (Å²) in [6, 6.07) is 2.08. The van der Waals surface area contributed by atoms with Crippen LogP contribution < -0.4 is 10.6 Å². The van der Waals surface area contributed by atoms with E-state index in [1.807, 2.05) is 0 Å². The van der Waals surface area contributed by atoms with Crippen molar-refractivity contribution in [2.45, 2.75) is 39.5 Å². The second-order valence-corrected chi connectivity index (χ2v) is 7.00. The summed E-state index contributed by atoms with van der Waals surface area (Å²) >= 11 is 1.67. The van der Waals surface area contributed by atoms with Crippen LogP contribution in [0.3, 0.4) is 0 Å². The summed E-state index contributed by atoms with van der Waals surface area (Å²) in [7, 11) is 0. The number of nitrogens with one attached hydrogen (secondary N) is 2. The molecule has 2 N–H and O–H groups in total. The molecule has 5 heteroatoms. The first-order valence-corrected chi connectivity index (χ1v) is 9.39. The number of rotatable bonds is 8. The highest BCUT2D eigenvalue weighted by molar-refractivity contribution is 7.14. The molecule has 1 saturated heterocycles. The maximum Gasteiger partial charge on any atom is 0.261 e. The first-order chi connectivity index (χ1) is 10.7. The molecule has 124 valence electrons. The Balaban J connectivity index is 1.74. The van der Waals surface area contributed by atoms with Crippen LogP contribution >= 0.6 is 11.3 Å². The number of hydrogen-bond donors (Lipinski definition) is 2. The molecule has 2 heterocycles. The number of carbonyl (C=O) groups is 1. The summed E-state index contributed by atoms with van der Waals surface area (Å²) in [6.45, 7) is 10.6. The first kappa shape index (κ1) is 17.4. The van der Waals surface area contributed by atoms with E-state index >= 15 is 0 Å². The lowest BCUT2D eigenvalue weighted by Crippen LogP contribution is -2.44. The predicted octanol–water partition coefficient (Wildman–Crippen LogP) is 2.29. The van der Waals surface area contributed by atoms with Crippen molar-refractivity contribution in [2.24, 2.45) is 0 Å². The van der Waals surface area contributed by atoms with Crippen molar-refractivity contribution in [1.29, 1.82) is 0 Å². The Morgan fingerprint density at radius 2 is 2.14 bits per heavy atom. The van der Waals surface area contributed by atoms with Gasteiger partial charge in [-0.05, 0) is 37.4 Å². The predicted molar refractivity (Wildman–Crippen MR) is 94.0 cm³/mol. The van der Waals surface area contributed by atoms with Crippen LogP contribution in [0.25, 0.3) is 0 Å². The number of nitrogens with zero attached hydrogens (tertiary/aromatic N) is 1. The summed E-state index contributed by atoms with van der Waals surface area (Å²) in [5.74, 6) is 0.0994. The normalized spacial score (nSPS) is 15.9. The van der Waals surface area contributed by atoms with Gasteiger partial charge in [0.25, 0.3) is 5.91 Å².